The number of carbonyl (C=O) groups is 1. The molecule has 6 heteroatoms. The number of rotatable bonds is 2. The van der Waals surface area contributed by atoms with E-state index in [4.69, 9.17) is 16.3 Å². The quantitative estimate of drug-likeness (QED) is 0.599. The topological polar surface area (TPSA) is 57.0 Å². The first kappa shape index (κ1) is 17.4. The van der Waals surface area contributed by atoms with Gasteiger partial charge in [-0.1, -0.05) is 48.9 Å². The second-order valence-electron chi connectivity index (χ2n) is 6.75. The van der Waals surface area contributed by atoms with Gasteiger partial charge in [0.05, 0.1) is 5.39 Å². The predicted molar refractivity (Wildman–Crippen MR) is 99.0 cm³/mol. The van der Waals surface area contributed by atoms with Crippen LogP contribution in [0, 0.1) is 0 Å². The molecule has 0 fully saturated rings. The minimum absolute atomic E-state index is 0.320. The Balaban J connectivity index is 2.21. The minimum Gasteiger partial charge on any atom is -0.443 e. The van der Waals surface area contributed by atoms with Crippen molar-refractivity contribution in [2.24, 2.45) is 0 Å². The molecule has 3 aromatic rings. The summed E-state index contributed by atoms with van der Waals surface area (Å²) in [4.78, 5) is 21.7. The first-order chi connectivity index (χ1) is 11.8. The Morgan fingerprint density at radius 2 is 1.88 bits per heavy atom. The molecule has 130 valence electrons. The lowest BCUT2D eigenvalue weighted by molar-refractivity contribution is 0.0539. The van der Waals surface area contributed by atoms with Crippen LogP contribution < -0.4 is 0 Å². The lowest BCUT2D eigenvalue weighted by atomic mass is 10.2. The molecule has 0 spiro atoms. The monoisotopic (exact) mass is 357 g/mol. The van der Waals surface area contributed by atoms with Crippen LogP contribution in [0.1, 0.15) is 33.4 Å². The SMILES string of the molecule is CCc1cc2c(Cl)nc(-c3ccccc3)nc2n1C(=O)OC(C)(C)C. The highest BCUT2D eigenvalue weighted by Crippen LogP contribution is 2.28. The third-order valence-corrected chi connectivity index (χ3v) is 3.95. The average Bonchev–Trinajstić information content (AvgIpc) is 2.93. The van der Waals surface area contributed by atoms with Gasteiger partial charge in [0, 0.05) is 11.3 Å². The number of carbonyl (C=O) groups excluding carboxylic acids is 1. The summed E-state index contributed by atoms with van der Waals surface area (Å²) < 4.78 is 7.03. The van der Waals surface area contributed by atoms with E-state index in [1.165, 1.54) is 4.57 Å². The van der Waals surface area contributed by atoms with Crippen molar-refractivity contribution in [3.05, 3.63) is 47.2 Å². The molecule has 0 atom stereocenters. The molecular formula is C19H20ClN3O2. The summed E-state index contributed by atoms with van der Waals surface area (Å²) in [5.41, 5.74) is 1.48. The van der Waals surface area contributed by atoms with Crippen LogP contribution in [0.2, 0.25) is 5.15 Å². The van der Waals surface area contributed by atoms with Gasteiger partial charge in [0.1, 0.15) is 10.8 Å². The van der Waals surface area contributed by atoms with E-state index < -0.39 is 11.7 Å². The Hall–Kier alpha value is -2.40. The van der Waals surface area contributed by atoms with Gasteiger partial charge in [-0.05, 0) is 33.3 Å². The van der Waals surface area contributed by atoms with Crippen LogP contribution in [0.25, 0.3) is 22.4 Å². The zero-order chi connectivity index (χ0) is 18.2. The maximum Gasteiger partial charge on any atom is 0.420 e. The molecule has 0 radical (unpaired) electrons. The van der Waals surface area contributed by atoms with Crippen molar-refractivity contribution in [3.8, 4) is 11.4 Å². The van der Waals surface area contributed by atoms with Crippen molar-refractivity contribution in [3.63, 3.8) is 0 Å². The Labute approximate surface area is 151 Å². The van der Waals surface area contributed by atoms with Crippen molar-refractivity contribution >= 4 is 28.7 Å². The van der Waals surface area contributed by atoms with Gasteiger partial charge in [0.15, 0.2) is 11.5 Å². The Morgan fingerprint density at radius 1 is 1.20 bits per heavy atom. The molecule has 1 aromatic carbocycles. The number of hydrogen-bond acceptors (Lipinski definition) is 4. The fourth-order valence-corrected chi connectivity index (χ4v) is 2.80. The fourth-order valence-electron chi connectivity index (χ4n) is 2.58. The van der Waals surface area contributed by atoms with E-state index in [-0.39, 0.29) is 0 Å². The van der Waals surface area contributed by atoms with Crippen molar-refractivity contribution in [1.29, 1.82) is 0 Å². The van der Waals surface area contributed by atoms with E-state index >= 15 is 0 Å². The number of aromatic nitrogens is 3. The molecule has 3 rings (SSSR count). The lowest BCUT2D eigenvalue weighted by Crippen LogP contribution is -2.28. The molecule has 0 unspecified atom stereocenters. The molecule has 0 amide bonds. The maximum absolute atomic E-state index is 12.7. The summed E-state index contributed by atoms with van der Waals surface area (Å²) >= 11 is 6.38. The molecule has 0 saturated heterocycles. The Kier molecular flexibility index (Phi) is 4.52. The summed E-state index contributed by atoms with van der Waals surface area (Å²) in [6, 6.07) is 11.4. The predicted octanol–water partition coefficient (Wildman–Crippen LogP) is 5.10. The second-order valence-corrected chi connectivity index (χ2v) is 7.10. The molecule has 2 heterocycles. The summed E-state index contributed by atoms with van der Waals surface area (Å²) in [5.74, 6) is 0.476. The van der Waals surface area contributed by atoms with Gasteiger partial charge in [0.25, 0.3) is 0 Å². The van der Waals surface area contributed by atoms with Gasteiger partial charge in [-0.3, -0.25) is 0 Å². The smallest absolute Gasteiger partial charge is 0.420 e. The maximum atomic E-state index is 12.7. The third kappa shape index (κ3) is 3.51. The molecule has 25 heavy (non-hydrogen) atoms. The average molecular weight is 358 g/mol. The Bertz CT molecular complexity index is 927. The van der Waals surface area contributed by atoms with Gasteiger partial charge in [-0.2, -0.15) is 0 Å². The number of fused-ring (bicyclic) bond motifs is 1. The van der Waals surface area contributed by atoms with Gasteiger partial charge < -0.3 is 4.74 Å². The first-order valence-corrected chi connectivity index (χ1v) is 8.54. The summed E-state index contributed by atoms with van der Waals surface area (Å²) in [6.45, 7) is 7.47. The minimum atomic E-state index is -0.599. The molecule has 0 aliphatic rings. The van der Waals surface area contributed by atoms with Gasteiger partial charge >= 0.3 is 6.09 Å². The van der Waals surface area contributed by atoms with Crippen LogP contribution in [0.15, 0.2) is 36.4 Å². The second kappa shape index (κ2) is 6.48. The van der Waals surface area contributed by atoms with Crippen LogP contribution in [-0.2, 0) is 11.2 Å². The van der Waals surface area contributed by atoms with E-state index in [9.17, 15) is 4.79 Å². The fraction of sp³-hybridized carbons (Fsp3) is 0.316. The zero-order valence-electron chi connectivity index (χ0n) is 14.7. The van der Waals surface area contributed by atoms with Crippen LogP contribution in [0.5, 0.6) is 0 Å². The van der Waals surface area contributed by atoms with Crippen LogP contribution in [0.3, 0.4) is 0 Å². The number of nitrogens with zero attached hydrogens (tertiary/aromatic N) is 3. The first-order valence-electron chi connectivity index (χ1n) is 8.17. The van der Waals surface area contributed by atoms with E-state index in [2.05, 4.69) is 9.97 Å². The highest BCUT2D eigenvalue weighted by Gasteiger charge is 2.24. The van der Waals surface area contributed by atoms with E-state index in [1.807, 2.05) is 64.1 Å². The summed E-state index contributed by atoms with van der Waals surface area (Å²) in [7, 11) is 0. The van der Waals surface area contributed by atoms with Gasteiger partial charge in [0.2, 0.25) is 0 Å². The molecule has 0 N–H and O–H groups in total. The number of benzene rings is 1. The highest BCUT2D eigenvalue weighted by atomic mass is 35.5. The number of aryl methyl sites for hydroxylation is 1. The largest absolute Gasteiger partial charge is 0.443 e. The molecule has 0 aliphatic heterocycles. The standard InChI is InChI=1S/C19H20ClN3O2/c1-5-13-11-14-15(20)21-16(12-9-7-6-8-10-12)22-17(14)23(13)18(24)25-19(2,3)4/h6-11H,5H2,1-4H3. The van der Waals surface area contributed by atoms with Crippen molar-refractivity contribution < 1.29 is 9.53 Å². The van der Waals surface area contributed by atoms with Crippen molar-refractivity contribution in [2.75, 3.05) is 0 Å². The Morgan fingerprint density at radius 3 is 2.48 bits per heavy atom. The molecule has 5 nitrogen and oxygen atoms in total. The molecule has 2 aromatic heterocycles. The summed E-state index contributed by atoms with van der Waals surface area (Å²) in [6.07, 6.45) is 0.181. The third-order valence-electron chi connectivity index (χ3n) is 3.66. The molecule has 0 saturated carbocycles. The van der Waals surface area contributed by atoms with E-state index in [0.29, 0.717) is 28.4 Å². The zero-order valence-corrected chi connectivity index (χ0v) is 15.5. The van der Waals surface area contributed by atoms with Crippen LogP contribution in [-0.4, -0.2) is 26.2 Å². The lowest BCUT2D eigenvalue weighted by Gasteiger charge is -2.20. The highest BCUT2D eigenvalue weighted by molar-refractivity contribution is 6.34. The molecular weight excluding hydrogens is 338 g/mol. The van der Waals surface area contributed by atoms with E-state index in [1.54, 1.807) is 0 Å². The van der Waals surface area contributed by atoms with Gasteiger partial charge in [-0.15, -0.1) is 0 Å². The number of hydrogen-bond donors (Lipinski definition) is 0. The van der Waals surface area contributed by atoms with Crippen molar-refractivity contribution in [2.45, 2.75) is 39.7 Å². The van der Waals surface area contributed by atoms with Gasteiger partial charge in [-0.25, -0.2) is 19.3 Å². The molecule has 0 bridgehead atoms. The van der Waals surface area contributed by atoms with E-state index in [0.717, 1.165) is 11.3 Å². The van der Waals surface area contributed by atoms with Crippen molar-refractivity contribution in [1.82, 2.24) is 14.5 Å². The normalized spacial score (nSPS) is 11.7. The number of ether oxygens (including phenoxy) is 1. The van der Waals surface area contributed by atoms with Crippen LogP contribution in [0.4, 0.5) is 4.79 Å². The number of halogens is 1. The molecule has 0 aliphatic carbocycles. The van der Waals surface area contributed by atoms with Crippen LogP contribution >= 0.6 is 11.6 Å². The summed E-state index contributed by atoms with van der Waals surface area (Å²) in [5, 5.41) is 0.963.